The Morgan fingerprint density at radius 3 is 2.48 bits per heavy atom. The van der Waals surface area contributed by atoms with Crippen LogP contribution in [0.4, 0.5) is 10.1 Å². The fraction of sp³-hybridized carbons (Fsp3) is 0.150. The monoisotopic (exact) mass is 364 g/mol. The predicted molar refractivity (Wildman–Crippen MR) is 99.2 cm³/mol. The van der Waals surface area contributed by atoms with Crippen LogP contribution in [0.3, 0.4) is 0 Å². The summed E-state index contributed by atoms with van der Waals surface area (Å²) in [5.41, 5.74) is 2.54. The molecular formula is C20H17FN4O2. The van der Waals surface area contributed by atoms with E-state index < -0.39 is 0 Å². The minimum absolute atomic E-state index is 0.136. The second-order valence-corrected chi connectivity index (χ2v) is 6.07. The topological polar surface area (TPSA) is 90.7 Å². The lowest BCUT2D eigenvalue weighted by molar-refractivity contribution is -0.116. The van der Waals surface area contributed by atoms with Crippen LogP contribution in [-0.4, -0.2) is 15.7 Å². The molecule has 0 spiro atoms. The van der Waals surface area contributed by atoms with Crippen molar-refractivity contribution in [2.24, 2.45) is 0 Å². The molecule has 0 aliphatic carbocycles. The molecule has 1 heterocycles. The summed E-state index contributed by atoms with van der Waals surface area (Å²) in [7, 11) is 0. The predicted octanol–water partition coefficient (Wildman–Crippen LogP) is 3.06. The van der Waals surface area contributed by atoms with E-state index >= 15 is 0 Å². The highest BCUT2D eigenvalue weighted by Crippen LogP contribution is 2.12. The van der Waals surface area contributed by atoms with Crippen molar-refractivity contribution >= 4 is 11.6 Å². The Hall–Kier alpha value is -3.66. The van der Waals surface area contributed by atoms with Gasteiger partial charge in [0.15, 0.2) is 0 Å². The van der Waals surface area contributed by atoms with Crippen LogP contribution in [0.5, 0.6) is 0 Å². The molecule has 0 saturated heterocycles. The van der Waals surface area contributed by atoms with E-state index in [1.54, 1.807) is 31.2 Å². The number of aromatic nitrogens is 2. The number of rotatable bonds is 5. The number of halogens is 1. The molecule has 0 radical (unpaired) electrons. The molecule has 2 N–H and O–H groups in total. The van der Waals surface area contributed by atoms with Crippen molar-refractivity contribution in [1.29, 1.82) is 5.26 Å². The molecule has 0 fully saturated rings. The average molecular weight is 364 g/mol. The SMILES string of the molecule is Cc1[nH]n(-c2ccc(F)cc2)c(=O)c1CCC(=O)Nc1ccc(C#N)cc1. The van der Waals surface area contributed by atoms with Crippen molar-refractivity contribution in [3.63, 3.8) is 0 Å². The first-order valence-corrected chi connectivity index (χ1v) is 8.34. The zero-order chi connectivity index (χ0) is 19.4. The van der Waals surface area contributed by atoms with Crippen LogP contribution < -0.4 is 10.9 Å². The first kappa shape index (κ1) is 18.1. The molecule has 1 amide bonds. The second-order valence-electron chi connectivity index (χ2n) is 6.07. The van der Waals surface area contributed by atoms with Gasteiger partial charge in [-0.25, -0.2) is 9.07 Å². The van der Waals surface area contributed by atoms with Gasteiger partial charge in [0.2, 0.25) is 5.91 Å². The van der Waals surface area contributed by atoms with E-state index in [0.717, 1.165) is 0 Å². The highest BCUT2D eigenvalue weighted by Gasteiger charge is 2.14. The number of nitrogens with one attached hydrogen (secondary N) is 2. The van der Waals surface area contributed by atoms with Gasteiger partial charge in [-0.15, -0.1) is 0 Å². The number of amides is 1. The van der Waals surface area contributed by atoms with Gasteiger partial charge in [-0.05, 0) is 61.9 Å². The minimum atomic E-state index is -0.380. The third kappa shape index (κ3) is 4.12. The molecule has 136 valence electrons. The van der Waals surface area contributed by atoms with E-state index in [0.29, 0.717) is 28.2 Å². The number of nitrogens with zero attached hydrogens (tertiary/aromatic N) is 2. The summed E-state index contributed by atoms with van der Waals surface area (Å²) >= 11 is 0. The Balaban J connectivity index is 1.69. The van der Waals surface area contributed by atoms with E-state index in [-0.39, 0.29) is 30.1 Å². The number of carbonyl (C=O) groups excluding carboxylic acids is 1. The van der Waals surface area contributed by atoms with Gasteiger partial charge in [0, 0.05) is 23.4 Å². The number of nitriles is 1. The zero-order valence-corrected chi connectivity index (χ0v) is 14.6. The fourth-order valence-corrected chi connectivity index (χ4v) is 2.74. The number of aromatic amines is 1. The molecule has 0 aliphatic heterocycles. The molecule has 6 nitrogen and oxygen atoms in total. The molecule has 0 unspecified atom stereocenters. The maximum Gasteiger partial charge on any atom is 0.274 e. The van der Waals surface area contributed by atoms with E-state index in [1.165, 1.54) is 28.9 Å². The molecule has 2 aromatic carbocycles. The minimum Gasteiger partial charge on any atom is -0.326 e. The van der Waals surface area contributed by atoms with Crippen LogP contribution in [0, 0.1) is 24.1 Å². The van der Waals surface area contributed by atoms with Gasteiger partial charge in [-0.3, -0.25) is 14.7 Å². The largest absolute Gasteiger partial charge is 0.326 e. The van der Waals surface area contributed by atoms with Gasteiger partial charge in [0.05, 0.1) is 17.3 Å². The Bertz CT molecular complexity index is 1060. The van der Waals surface area contributed by atoms with Crippen molar-refractivity contribution in [2.75, 3.05) is 5.32 Å². The first-order valence-electron chi connectivity index (χ1n) is 8.34. The summed E-state index contributed by atoms with van der Waals surface area (Å²) in [6, 6.07) is 14.1. The number of carbonyl (C=O) groups is 1. The maximum atomic E-state index is 13.1. The van der Waals surface area contributed by atoms with E-state index in [4.69, 9.17) is 5.26 Å². The Morgan fingerprint density at radius 2 is 1.85 bits per heavy atom. The summed E-state index contributed by atoms with van der Waals surface area (Å²) in [6.07, 6.45) is 0.412. The van der Waals surface area contributed by atoms with Crippen molar-refractivity contribution in [3.8, 4) is 11.8 Å². The molecule has 27 heavy (non-hydrogen) atoms. The molecule has 3 aromatic rings. The normalized spacial score (nSPS) is 10.4. The smallest absolute Gasteiger partial charge is 0.274 e. The standard InChI is InChI=1S/C20H17FN4O2/c1-13-18(20(27)25(24-13)17-8-4-15(21)5-9-17)10-11-19(26)23-16-6-2-14(12-22)3-7-16/h2-9,24H,10-11H2,1H3,(H,23,26). The first-order chi connectivity index (χ1) is 13.0. The molecule has 0 bridgehead atoms. The third-order valence-corrected chi connectivity index (χ3v) is 4.18. The summed E-state index contributed by atoms with van der Waals surface area (Å²) in [6.45, 7) is 1.76. The van der Waals surface area contributed by atoms with Crippen molar-refractivity contribution in [3.05, 3.63) is 81.5 Å². The molecular weight excluding hydrogens is 347 g/mol. The van der Waals surface area contributed by atoms with Crippen LogP contribution in [0.1, 0.15) is 23.2 Å². The van der Waals surface area contributed by atoms with Gasteiger partial charge in [0.25, 0.3) is 5.56 Å². The van der Waals surface area contributed by atoms with Crippen LogP contribution in [0.2, 0.25) is 0 Å². The number of H-pyrrole nitrogens is 1. The lowest BCUT2D eigenvalue weighted by Crippen LogP contribution is -2.19. The lowest BCUT2D eigenvalue weighted by Gasteiger charge is -2.04. The second kappa shape index (κ2) is 7.70. The number of benzene rings is 2. The van der Waals surface area contributed by atoms with Gasteiger partial charge in [-0.2, -0.15) is 5.26 Å². The number of anilines is 1. The summed E-state index contributed by atoms with van der Waals surface area (Å²) in [4.78, 5) is 24.7. The number of hydrogen-bond acceptors (Lipinski definition) is 3. The summed E-state index contributed by atoms with van der Waals surface area (Å²) < 4.78 is 14.4. The molecule has 0 aliphatic rings. The maximum absolute atomic E-state index is 13.1. The van der Waals surface area contributed by atoms with Crippen molar-refractivity contribution in [2.45, 2.75) is 19.8 Å². The van der Waals surface area contributed by atoms with Crippen LogP contribution >= 0.6 is 0 Å². The fourth-order valence-electron chi connectivity index (χ4n) is 2.74. The zero-order valence-electron chi connectivity index (χ0n) is 14.6. The molecule has 1 aromatic heterocycles. The Kier molecular flexibility index (Phi) is 5.18. The van der Waals surface area contributed by atoms with E-state index in [1.807, 2.05) is 6.07 Å². The van der Waals surface area contributed by atoms with Gasteiger partial charge in [-0.1, -0.05) is 0 Å². The molecule has 0 saturated carbocycles. The Morgan fingerprint density at radius 1 is 1.19 bits per heavy atom. The number of aryl methyl sites for hydroxylation is 1. The lowest BCUT2D eigenvalue weighted by atomic mass is 10.1. The quantitative estimate of drug-likeness (QED) is 0.729. The van der Waals surface area contributed by atoms with Crippen molar-refractivity contribution in [1.82, 2.24) is 9.78 Å². The molecule has 3 rings (SSSR count). The Labute approximate surface area is 154 Å². The van der Waals surface area contributed by atoms with Crippen molar-refractivity contribution < 1.29 is 9.18 Å². The van der Waals surface area contributed by atoms with E-state index in [2.05, 4.69) is 10.4 Å². The van der Waals surface area contributed by atoms with E-state index in [9.17, 15) is 14.0 Å². The number of hydrogen-bond donors (Lipinski definition) is 2. The van der Waals surface area contributed by atoms with Crippen LogP contribution in [-0.2, 0) is 11.2 Å². The van der Waals surface area contributed by atoms with Gasteiger partial charge < -0.3 is 5.32 Å². The average Bonchev–Trinajstić information content (AvgIpc) is 2.95. The third-order valence-electron chi connectivity index (χ3n) is 4.18. The highest BCUT2D eigenvalue weighted by atomic mass is 19.1. The summed E-state index contributed by atoms with van der Waals surface area (Å²) in [5.74, 6) is -0.609. The van der Waals surface area contributed by atoms with Crippen LogP contribution in [0.15, 0.2) is 53.3 Å². The molecule has 0 atom stereocenters. The van der Waals surface area contributed by atoms with Gasteiger partial charge >= 0.3 is 0 Å². The van der Waals surface area contributed by atoms with Crippen LogP contribution in [0.25, 0.3) is 5.69 Å². The molecule has 7 heteroatoms. The van der Waals surface area contributed by atoms with Gasteiger partial charge in [0.1, 0.15) is 5.82 Å². The highest BCUT2D eigenvalue weighted by molar-refractivity contribution is 5.90. The summed E-state index contributed by atoms with van der Waals surface area (Å²) in [5, 5.41) is 14.5.